The molecule has 0 aliphatic rings. The number of ether oxygens (including phenoxy) is 3. The number of fused-ring (bicyclic) bond motifs is 2. The van der Waals surface area contributed by atoms with Crippen LogP contribution in [0.1, 0.15) is 36.8 Å². The Balaban J connectivity index is 0.000000178. The van der Waals surface area contributed by atoms with E-state index in [2.05, 4.69) is 107 Å². The molecule has 0 aliphatic heterocycles. The van der Waals surface area contributed by atoms with Crippen molar-refractivity contribution < 1.29 is 19.0 Å². The Morgan fingerprint density at radius 2 is 1.04 bits per heavy atom. The monoisotopic (exact) mass is 742 g/mol. The molecule has 2 heterocycles. The Labute approximate surface area is 328 Å². The third-order valence-corrected chi connectivity index (χ3v) is 9.79. The van der Waals surface area contributed by atoms with Gasteiger partial charge in [-0.25, -0.2) is 9.97 Å². The van der Waals surface area contributed by atoms with Crippen molar-refractivity contribution in [3.63, 3.8) is 0 Å². The highest BCUT2D eigenvalue weighted by molar-refractivity contribution is 5.86. The average Bonchev–Trinajstić information content (AvgIpc) is 3.81. The molecule has 0 radical (unpaired) electrons. The van der Waals surface area contributed by atoms with E-state index >= 15 is 0 Å². The highest BCUT2D eigenvalue weighted by Crippen LogP contribution is 2.33. The van der Waals surface area contributed by atoms with Gasteiger partial charge in [0, 0.05) is 29.7 Å². The van der Waals surface area contributed by atoms with E-state index in [9.17, 15) is 4.79 Å². The first kappa shape index (κ1) is 37.6. The Morgan fingerprint density at radius 3 is 1.54 bits per heavy atom. The van der Waals surface area contributed by atoms with Gasteiger partial charge in [0.05, 0.1) is 54.3 Å². The minimum Gasteiger partial charge on any atom is -0.497 e. The normalized spacial score (nSPS) is 10.9. The number of hydrogen-bond acceptors (Lipinski definition) is 6. The molecule has 0 saturated heterocycles. The molecule has 0 amide bonds. The lowest BCUT2D eigenvalue weighted by Crippen LogP contribution is -2.02. The van der Waals surface area contributed by atoms with Crippen molar-refractivity contribution in [2.45, 2.75) is 39.5 Å². The van der Waals surface area contributed by atoms with Crippen LogP contribution in [-0.4, -0.2) is 45.9 Å². The quantitative estimate of drug-likeness (QED) is 0.0916. The zero-order valence-corrected chi connectivity index (χ0v) is 32.3. The number of aromatic nitrogens is 4. The lowest BCUT2D eigenvalue weighted by molar-refractivity contribution is -0.140. The molecule has 0 saturated carbocycles. The lowest BCUT2D eigenvalue weighted by atomic mass is 10.1. The van der Waals surface area contributed by atoms with E-state index < -0.39 is 0 Å². The molecule has 0 bridgehead atoms. The minimum absolute atomic E-state index is 0.157. The number of hydrogen-bond donors (Lipinski definition) is 0. The molecular formula is C48H46N4O4. The van der Waals surface area contributed by atoms with Crippen LogP contribution < -0.4 is 9.47 Å². The Hall–Kier alpha value is -6.67. The molecule has 8 nitrogen and oxygen atoms in total. The van der Waals surface area contributed by atoms with Crippen molar-refractivity contribution >= 4 is 28.0 Å². The zero-order valence-electron chi connectivity index (χ0n) is 32.3. The number of carbonyl (C=O) groups excluding carboxylic acids is 1. The van der Waals surface area contributed by atoms with Crippen LogP contribution in [0, 0.1) is 13.8 Å². The maximum Gasteiger partial charge on any atom is 0.305 e. The summed E-state index contributed by atoms with van der Waals surface area (Å²) in [5.74, 6) is 3.34. The van der Waals surface area contributed by atoms with Gasteiger partial charge in [0.25, 0.3) is 0 Å². The maximum absolute atomic E-state index is 11.2. The predicted molar refractivity (Wildman–Crippen MR) is 225 cm³/mol. The molecule has 0 spiro atoms. The number of rotatable bonds is 12. The summed E-state index contributed by atoms with van der Waals surface area (Å²) in [4.78, 5) is 21.0. The van der Waals surface area contributed by atoms with Crippen LogP contribution in [0.15, 0.2) is 146 Å². The largest absolute Gasteiger partial charge is 0.497 e. The van der Waals surface area contributed by atoms with Crippen LogP contribution in [0.3, 0.4) is 0 Å². The van der Waals surface area contributed by atoms with E-state index in [4.69, 9.17) is 19.4 Å². The van der Waals surface area contributed by atoms with Gasteiger partial charge in [0.15, 0.2) is 0 Å². The molecule has 8 aromatic rings. The number of imidazole rings is 2. The molecule has 0 atom stereocenters. The van der Waals surface area contributed by atoms with Crippen LogP contribution in [0.4, 0.5) is 0 Å². The highest BCUT2D eigenvalue weighted by atomic mass is 16.5. The van der Waals surface area contributed by atoms with Gasteiger partial charge >= 0.3 is 5.97 Å². The highest BCUT2D eigenvalue weighted by Gasteiger charge is 2.18. The summed E-state index contributed by atoms with van der Waals surface area (Å²) in [6.45, 7) is 4.84. The van der Waals surface area contributed by atoms with E-state index in [0.29, 0.717) is 13.0 Å². The second-order valence-corrected chi connectivity index (χ2v) is 13.6. The molecule has 2 aromatic heterocycles. The van der Waals surface area contributed by atoms with Gasteiger partial charge in [-0.3, -0.25) is 13.9 Å². The van der Waals surface area contributed by atoms with Gasteiger partial charge < -0.3 is 14.2 Å². The predicted octanol–water partition coefficient (Wildman–Crippen LogP) is 11.1. The fourth-order valence-corrected chi connectivity index (χ4v) is 6.85. The van der Waals surface area contributed by atoms with Gasteiger partial charge in [0.1, 0.15) is 23.1 Å². The standard InChI is InChI=1S/C27H28N2O3.C21H18N2O/c1-20-11-8-9-14-24(20)29-25-19-22(32-18-10-4-7-15-26(30)31-2)16-17-23(25)28-27(29)21-12-5-3-6-13-21;1-15-8-6-7-11-19(15)23-20-14-17(24-2)12-13-18(20)22-21(23)16-9-4-3-5-10-16/h3,5-6,8-9,11-14,16-17,19H,4,7,10,15,18H2,1-2H3;3-14H,1-2H3. The summed E-state index contributed by atoms with van der Waals surface area (Å²) in [6.07, 6.45) is 3.09. The second kappa shape index (κ2) is 17.6. The first-order chi connectivity index (χ1) is 27.4. The molecular weight excluding hydrogens is 697 g/mol. The fourth-order valence-electron chi connectivity index (χ4n) is 6.85. The van der Waals surface area contributed by atoms with Crippen molar-refractivity contribution in [1.82, 2.24) is 19.1 Å². The van der Waals surface area contributed by atoms with Crippen LogP contribution >= 0.6 is 0 Å². The maximum atomic E-state index is 11.2. The number of unbranched alkanes of at least 4 members (excludes halogenated alkanes) is 2. The summed E-state index contributed by atoms with van der Waals surface area (Å²) in [5.41, 5.74) is 10.7. The summed E-state index contributed by atoms with van der Waals surface area (Å²) in [6, 6.07) is 49.3. The summed E-state index contributed by atoms with van der Waals surface area (Å²) in [5, 5.41) is 0. The minimum atomic E-state index is -0.157. The molecule has 0 fully saturated rings. The topological polar surface area (TPSA) is 80.4 Å². The molecule has 0 unspecified atom stereocenters. The van der Waals surface area contributed by atoms with Gasteiger partial charge in [-0.2, -0.15) is 0 Å². The number of benzene rings is 6. The van der Waals surface area contributed by atoms with E-state index in [1.807, 2.05) is 66.7 Å². The zero-order chi connectivity index (χ0) is 38.9. The van der Waals surface area contributed by atoms with Gasteiger partial charge in [-0.05, 0) is 80.6 Å². The van der Waals surface area contributed by atoms with E-state index in [1.54, 1.807) is 7.11 Å². The van der Waals surface area contributed by atoms with Crippen LogP contribution in [0.2, 0.25) is 0 Å². The second-order valence-electron chi connectivity index (χ2n) is 13.6. The van der Waals surface area contributed by atoms with E-state index in [-0.39, 0.29) is 5.97 Å². The molecule has 0 aliphatic carbocycles. The SMILES string of the molecule is COC(=O)CCCCCOc1ccc2nc(-c3ccccc3)n(-c3ccccc3C)c2c1.COc1ccc2nc(-c3ccccc3)n(-c3ccccc3C)c2c1. The molecule has 8 heteroatoms. The lowest BCUT2D eigenvalue weighted by Gasteiger charge is -2.13. The van der Waals surface area contributed by atoms with Crippen molar-refractivity contribution in [3.05, 3.63) is 157 Å². The number of aryl methyl sites for hydroxylation is 2. The van der Waals surface area contributed by atoms with Crippen molar-refractivity contribution in [2.24, 2.45) is 0 Å². The first-order valence-corrected chi connectivity index (χ1v) is 19.0. The van der Waals surface area contributed by atoms with Crippen molar-refractivity contribution in [3.8, 4) is 45.6 Å². The Morgan fingerprint density at radius 1 is 0.554 bits per heavy atom. The molecule has 8 rings (SSSR count). The van der Waals surface area contributed by atoms with Gasteiger partial charge in [0.2, 0.25) is 0 Å². The summed E-state index contributed by atoms with van der Waals surface area (Å²) in [7, 11) is 3.11. The Bertz CT molecular complexity index is 2560. The smallest absolute Gasteiger partial charge is 0.305 e. The first-order valence-electron chi connectivity index (χ1n) is 19.0. The van der Waals surface area contributed by atoms with Crippen molar-refractivity contribution in [1.29, 1.82) is 0 Å². The third-order valence-electron chi connectivity index (χ3n) is 9.79. The van der Waals surface area contributed by atoms with Gasteiger partial charge in [-0.15, -0.1) is 0 Å². The van der Waals surface area contributed by atoms with E-state index in [1.165, 1.54) is 18.2 Å². The van der Waals surface area contributed by atoms with Crippen LogP contribution in [0.25, 0.3) is 56.2 Å². The fraction of sp³-hybridized carbons (Fsp3) is 0.188. The van der Waals surface area contributed by atoms with Crippen LogP contribution in [-0.2, 0) is 9.53 Å². The number of para-hydroxylation sites is 2. The Kier molecular flexibility index (Phi) is 11.9. The summed E-state index contributed by atoms with van der Waals surface area (Å²) >= 11 is 0. The average molecular weight is 743 g/mol. The molecule has 0 N–H and O–H groups in total. The molecule has 282 valence electrons. The van der Waals surface area contributed by atoms with E-state index in [0.717, 1.165) is 87.0 Å². The van der Waals surface area contributed by atoms with Crippen LogP contribution in [0.5, 0.6) is 11.5 Å². The summed E-state index contributed by atoms with van der Waals surface area (Å²) < 4.78 is 20.5. The molecule has 56 heavy (non-hydrogen) atoms. The number of esters is 1. The molecule has 6 aromatic carbocycles. The van der Waals surface area contributed by atoms with Crippen molar-refractivity contribution in [2.75, 3.05) is 20.8 Å². The number of carbonyl (C=O) groups is 1. The number of methoxy groups -OCH3 is 2. The van der Waals surface area contributed by atoms with Gasteiger partial charge in [-0.1, -0.05) is 97.1 Å². The number of nitrogens with zero attached hydrogens (tertiary/aromatic N) is 4. The third kappa shape index (κ3) is 8.35.